The Morgan fingerprint density at radius 3 is 2.73 bits per heavy atom. The zero-order chi connectivity index (χ0) is 10.7. The first kappa shape index (κ1) is 10.6. The molecule has 2 rings (SSSR count). The summed E-state index contributed by atoms with van der Waals surface area (Å²) in [6.45, 7) is 3.48. The van der Waals surface area contributed by atoms with Gasteiger partial charge in [-0.25, -0.2) is 0 Å². The smallest absolute Gasteiger partial charge is 0.0834 e. The Bertz CT molecular complexity index is 304. The van der Waals surface area contributed by atoms with Gasteiger partial charge in [-0.05, 0) is 37.3 Å². The summed E-state index contributed by atoms with van der Waals surface area (Å²) < 4.78 is 5.28. The molecule has 1 unspecified atom stereocenters. The van der Waals surface area contributed by atoms with Gasteiger partial charge in [-0.3, -0.25) is 4.98 Å². The lowest BCUT2D eigenvalue weighted by Crippen LogP contribution is -2.22. The van der Waals surface area contributed by atoms with Gasteiger partial charge in [0, 0.05) is 25.1 Å². The van der Waals surface area contributed by atoms with Crippen LogP contribution < -0.4 is 0 Å². The van der Waals surface area contributed by atoms with Gasteiger partial charge in [0.1, 0.15) is 0 Å². The second-order valence-electron chi connectivity index (χ2n) is 4.13. The van der Waals surface area contributed by atoms with Crippen LogP contribution in [0.25, 0.3) is 0 Å². The summed E-state index contributed by atoms with van der Waals surface area (Å²) in [6, 6.07) is 3.90. The Morgan fingerprint density at radius 1 is 1.40 bits per heavy atom. The quantitative estimate of drug-likeness (QED) is 0.804. The number of hydrogen-bond donors (Lipinski definition) is 1. The molecular formula is C12H17NO2. The van der Waals surface area contributed by atoms with E-state index in [1.165, 1.54) is 0 Å². The summed E-state index contributed by atoms with van der Waals surface area (Å²) >= 11 is 0. The summed E-state index contributed by atoms with van der Waals surface area (Å²) in [6.07, 6.45) is 3.27. The van der Waals surface area contributed by atoms with E-state index in [0.717, 1.165) is 37.3 Å². The molecule has 15 heavy (non-hydrogen) atoms. The van der Waals surface area contributed by atoms with Crippen molar-refractivity contribution in [2.75, 3.05) is 13.2 Å². The van der Waals surface area contributed by atoms with Crippen molar-refractivity contribution < 1.29 is 9.84 Å². The Labute approximate surface area is 90.1 Å². The van der Waals surface area contributed by atoms with E-state index >= 15 is 0 Å². The molecule has 82 valence electrons. The van der Waals surface area contributed by atoms with Crippen LogP contribution in [0.3, 0.4) is 0 Å². The van der Waals surface area contributed by atoms with Gasteiger partial charge in [-0.15, -0.1) is 0 Å². The van der Waals surface area contributed by atoms with Gasteiger partial charge in [-0.2, -0.15) is 0 Å². The van der Waals surface area contributed by atoms with E-state index in [9.17, 15) is 5.11 Å². The van der Waals surface area contributed by atoms with Crippen LogP contribution in [0.4, 0.5) is 0 Å². The minimum absolute atomic E-state index is 0.322. The molecule has 1 aliphatic heterocycles. The third-order valence-corrected chi connectivity index (χ3v) is 2.99. The normalized spacial score (nSPS) is 20.1. The van der Waals surface area contributed by atoms with Crippen LogP contribution in [-0.4, -0.2) is 23.3 Å². The van der Waals surface area contributed by atoms with Gasteiger partial charge in [0.15, 0.2) is 0 Å². The Balaban J connectivity index is 2.05. The van der Waals surface area contributed by atoms with E-state index in [-0.39, 0.29) is 6.10 Å². The highest BCUT2D eigenvalue weighted by atomic mass is 16.5. The molecule has 1 atom stereocenters. The predicted molar refractivity (Wildman–Crippen MR) is 57.5 cm³/mol. The van der Waals surface area contributed by atoms with Crippen molar-refractivity contribution in [3.05, 3.63) is 29.6 Å². The first-order valence-electron chi connectivity index (χ1n) is 5.46. The van der Waals surface area contributed by atoms with Crippen molar-refractivity contribution in [3.63, 3.8) is 0 Å². The highest BCUT2D eigenvalue weighted by Crippen LogP contribution is 2.29. The molecule has 1 fully saturated rings. The maximum atomic E-state index is 10.1. The first-order chi connectivity index (χ1) is 7.27. The van der Waals surface area contributed by atoms with Crippen molar-refractivity contribution in [3.8, 4) is 0 Å². The molecule has 0 spiro atoms. The van der Waals surface area contributed by atoms with E-state index in [1.54, 1.807) is 6.20 Å². The van der Waals surface area contributed by atoms with E-state index in [0.29, 0.717) is 5.92 Å². The number of ether oxygens (including phenoxy) is 1. The second-order valence-corrected chi connectivity index (χ2v) is 4.13. The number of nitrogens with zero attached hydrogens (tertiary/aromatic N) is 1. The second kappa shape index (κ2) is 4.73. The van der Waals surface area contributed by atoms with Crippen LogP contribution in [0.1, 0.15) is 30.2 Å². The van der Waals surface area contributed by atoms with Gasteiger partial charge in [0.2, 0.25) is 0 Å². The number of pyridine rings is 1. The molecule has 0 amide bonds. The molecule has 1 aromatic heterocycles. The Morgan fingerprint density at radius 2 is 2.13 bits per heavy atom. The molecule has 1 saturated heterocycles. The molecule has 3 nitrogen and oxygen atoms in total. The van der Waals surface area contributed by atoms with Gasteiger partial charge in [-0.1, -0.05) is 6.07 Å². The number of hydrogen-bond acceptors (Lipinski definition) is 3. The Kier molecular flexibility index (Phi) is 3.34. The maximum absolute atomic E-state index is 10.1. The SMILES string of the molecule is Cc1ccc(C(O)C2CCOCC2)cn1. The fourth-order valence-electron chi connectivity index (χ4n) is 1.96. The minimum Gasteiger partial charge on any atom is -0.388 e. The van der Waals surface area contributed by atoms with Crippen LogP contribution in [0, 0.1) is 12.8 Å². The number of rotatable bonds is 2. The summed E-state index contributed by atoms with van der Waals surface area (Å²) in [4.78, 5) is 4.20. The molecule has 1 N–H and O–H groups in total. The van der Waals surface area contributed by atoms with Crippen molar-refractivity contribution in [1.29, 1.82) is 0 Å². The summed E-state index contributed by atoms with van der Waals surface area (Å²) in [5, 5.41) is 10.1. The Hall–Kier alpha value is -0.930. The summed E-state index contributed by atoms with van der Waals surface area (Å²) in [7, 11) is 0. The maximum Gasteiger partial charge on any atom is 0.0834 e. The first-order valence-corrected chi connectivity index (χ1v) is 5.46. The largest absolute Gasteiger partial charge is 0.388 e. The van der Waals surface area contributed by atoms with Gasteiger partial charge in [0.05, 0.1) is 6.10 Å². The molecule has 1 aliphatic rings. The van der Waals surface area contributed by atoms with Crippen LogP contribution in [0.2, 0.25) is 0 Å². The zero-order valence-corrected chi connectivity index (χ0v) is 9.02. The molecule has 0 aromatic carbocycles. The molecule has 0 aliphatic carbocycles. The molecule has 2 heterocycles. The van der Waals surface area contributed by atoms with Gasteiger partial charge < -0.3 is 9.84 Å². The van der Waals surface area contributed by atoms with E-state index in [4.69, 9.17) is 4.74 Å². The number of aliphatic hydroxyl groups is 1. The topological polar surface area (TPSA) is 42.4 Å². The van der Waals surface area contributed by atoms with Crippen molar-refractivity contribution in [2.24, 2.45) is 5.92 Å². The van der Waals surface area contributed by atoms with Gasteiger partial charge >= 0.3 is 0 Å². The monoisotopic (exact) mass is 207 g/mol. The average molecular weight is 207 g/mol. The van der Waals surface area contributed by atoms with Crippen molar-refractivity contribution in [1.82, 2.24) is 4.98 Å². The van der Waals surface area contributed by atoms with Crippen molar-refractivity contribution in [2.45, 2.75) is 25.9 Å². The lowest BCUT2D eigenvalue weighted by atomic mass is 9.90. The minimum atomic E-state index is -0.387. The summed E-state index contributed by atoms with van der Waals surface area (Å²) in [5.74, 6) is 0.322. The third kappa shape index (κ3) is 2.55. The fourth-order valence-corrected chi connectivity index (χ4v) is 1.96. The molecule has 0 bridgehead atoms. The number of aromatic nitrogens is 1. The number of aliphatic hydroxyl groups excluding tert-OH is 1. The van der Waals surface area contributed by atoms with E-state index in [2.05, 4.69) is 4.98 Å². The lowest BCUT2D eigenvalue weighted by molar-refractivity contribution is 0.00706. The molecule has 0 saturated carbocycles. The van der Waals surface area contributed by atoms with Crippen LogP contribution in [0.15, 0.2) is 18.3 Å². The molecule has 3 heteroatoms. The standard InChI is InChI=1S/C12H17NO2/c1-9-2-3-11(8-13-9)12(14)10-4-6-15-7-5-10/h2-3,8,10,12,14H,4-7H2,1H3. The average Bonchev–Trinajstić information content (AvgIpc) is 2.30. The number of aryl methyl sites for hydroxylation is 1. The molecular weight excluding hydrogens is 190 g/mol. The summed E-state index contributed by atoms with van der Waals surface area (Å²) in [5.41, 5.74) is 1.91. The lowest BCUT2D eigenvalue weighted by Gasteiger charge is -2.26. The fraction of sp³-hybridized carbons (Fsp3) is 0.583. The van der Waals surface area contributed by atoms with Crippen LogP contribution in [0.5, 0.6) is 0 Å². The molecule has 1 aromatic rings. The highest BCUT2D eigenvalue weighted by Gasteiger charge is 2.23. The van der Waals surface area contributed by atoms with Gasteiger partial charge in [0.25, 0.3) is 0 Å². The van der Waals surface area contributed by atoms with Crippen LogP contribution in [-0.2, 0) is 4.74 Å². The van der Waals surface area contributed by atoms with Crippen molar-refractivity contribution >= 4 is 0 Å². The highest BCUT2D eigenvalue weighted by molar-refractivity contribution is 5.16. The van der Waals surface area contributed by atoms with Crippen LogP contribution >= 0.6 is 0 Å². The van der Waals surface area contributed by atoms with E-state index < -0.39 is 0 Å². The predicted octanol–water partition coefficient (Wildman–Crippen LogP) is 1.85. The molecule has 0 radical (unpaired) electrons. The zero-order valence-electron chi connectivity index (χ0n) is 9.02. The van der Waals surface area contributed by atoms with E-state index in [1.807, 2.05) is 19.1 Å². The third-order valence-electron chi connectivity index (χ3n) is 2.99.